The van der Waals surface area contributed by atoms with Crippen LogP contribution in [0, 0.1) is 0 Å². The van der Waals surface area contributed by atoms with Crippen LogP contribution in [0.5, 0.6) is 0 Å². The lowest BCUT2D eigenvalue weighted by Gasteiger charge is -2.10. The first kappa shape index (κ1) is 13.8. The van der Waals surface area contributed by atoms with Crippen molar-refractivity contribution in [1.29, 1.82) is 0 Å². The van der Waals surface area contributed by atoms with Gasteiger partial charge >= 0.3 is 0 Å². The van der Waals surface area contributed by atoms with Crippen LogP contribution in [0.15, 0.2) is 41.1 Å². The molecule has 2 aromatic rings. The van der Waals surface area contributed by atoms with Crippen molar-refractivity contribution in [3.05, 3.63) is 51.7 Å². The Balaban J connectivity index is 2.26. The van der Waals surface area contributed by atoms with Gasteiger partial charge in [-0.05, 0) is 24.3 Å². The summed E-state index contributed by atoms with van der Waals surface area (Å²) in [7, 11) is 0. The third kappa shape index (κ3) is 3.23. The van der Waals surface area contributed by atoms with Crippen LogP contribution < -0.4 is 16.6 Å². The molecule has 0 atom stereocenters. The van der Waals surface area contributed by atoms with Gasteiger partial charge in [0.2, 0.25) is 0 Å². The van der Waals surface area contributed by atoms with Crippen molar-refractivity contribution >= 4 is 44.8 Å². The maximum Gasteiger partial charge on any atom is 0.259 e. The predicted octanol–water partition coefficient (Wildman–Crippen LogP) is 3.04. The van der Waals surface area contributed by atoms with Crippen molar-refractivity contribution in [2.45, 2.75) is 0 Å². The lowest BCUT2D eigenvalue weighted by Crippen LogP contribution is -2.17. The van der Waals surface area contributed by atoms with Crippen molar-refractivity contribution in [3.63, 3.8) is 0 Å². The largest absolute Gasteiger partial charge is 0.323 e. The van der Waals surface area contributed by atoms with E-state index in [-0.39, 0.29) is 5.91 Å². The lowest BCUT2D eigenvalue weighted by atomic mass is 10.2. The molecule has 0 fully saturated rings. The molecule has 7 heteroatoms. The molecular weight excluding hydrogens is 332 g/mol. The molecule has 1 aromatic carbocycles. The van der Waals surface area contributed by atoms with Crippen molar-refractivity contribution in [2.24, 2.45) is 5.84 Å². The smallest absolute Gasteiger partial charge is 0.259 e. The van der Waals surface area contributed by atoms with Crippen LogP contribution in [0.3, 0.4) is 0 Å². The second-order valence-electron chi connectivity index (χ2n) is 3.64. The first-order valence-corrected chi connectivity index (χ1v) is 6.46. The average molecular weight is 342 g/mol. The topological polar surface area (TPSA) is 80.0 Å². The first-order chi connectivity index (χ1) is 9.11. The number of hydrogen-bond donors (Lipinski definition) is 3. The van der Waals surface area contributed by atoms with Crippen LogP contribution in [-0.2, 0) is 0 Å². The molecule has 1 amide bonds. The monoisotopic (exact) mass is 340 g/mol. The normalized spacial score (nSPS) is 10.1. The molecular formula is C12H10BrClN4O. The summed E-state index contributed by atoms with van der Waals surface area (Å²) in [4.78, 5) is 16.0. The molecule has 0 bridgehead atoms. The zero-order chi connectivity index (χ0) is 13.8. The van der Waals surface area contributed by atoms with Gasteiger partial charge in [0.25, 0.3) is 5.91 Å². The summed E-state index contributed by atoms with van der Waals surface area (Å²) in [6.45, 7) is 0. The molecule has 0 aliphatic rings. The summed E-state index contributed by atoms with van der Waals surface area (Å²) < 4.78 is 0.834. The van der Waals surface area contributed by atoms with E-state index >= 15 is 0 Å². The Morgan fingerprint density at radius 1 is 1.32 bits per heavy atom. The summed E-state index contributed by atoms with van der Waals surface area (Å²) >= 11 is 9.33. The number of benzene rings is 1. The molecule has 0 aliphatic carbocycles. The quantitative estimate of drug-likeness (QED) is 0.592. The third-order valence-electron chi connectivity index (χ3n) is 2.40. The van der Waals surface area contributed by atoms with E-state index in [1.807, 2.05) is 0 Å². The molecule has 98 valence electrons. The predicted molar refractivity (Wildman–Crippen MR) is 79.2 cm³/mol. The number of nitrogen functional groups attached to an aromatic ring is 1. The number of nitrogens with one attached hydrogen (secondary N) is 2. The van der Waals surface area contributed by atoms with Crippen molar-refractivity contribution < 1.29 is 4.79 Å². The highest BCUT2D eigenvalue weighted by molar-refractivity contribution is 9.10. The highest BCUT2D eigenvalue weighted by Crippen LogP contribution is 2.26. The van der Waals surface area contributed by atoms with Crippen molar-refractivity contribution in [2.75, 3.05) is 10.7 Å². The van der Waals surface area contributed by atoms with E-state index in [4.69, 9.17) is 17.4 Å². The summed E-state index contributed by atoms with van der Waals surface area (Å²) in [6, 6.07) is 6.80. The summed E-state index contributed by atoms with van der Waals surface area (Å²) in [5.41, 5.74) is 3.78. The number of hydrogen-bond acceptors (Lipinski definition) is 4. The fourth-order valence-electron chi connectivity index (χ4n) is 1.48. The van der Waals surface area contributed by atoms with Crippen LogP contribution in [0.1, 0.15) is 10.4 Å². The van der Waals surface area contributed by atoms with Gasteiger partial charge < -0.3 is 10.7 Å². The maximum atomic E-state index is 12.1. The number of carbonyl (C=O) groups is 1. The van der Waals surface area contributed by atoms with E-state index in [9.17, 15) is 4.79 Å². The minimum absolute atomic E-state index is 0.337. The minimum Gasteiger partial charge on any atom is -0.323 e. The van der Waals surface area contributed by atoms with Gasteiger partial charge in [-0.15, -0.1) is 0 Å². The fourth-order valence-corrected chi connectivity index (χ4v) is 2.20. The first-order valence-electron chi connectivity index (χ1n) is 5.29. The van der Waals surface area contributed by atoms with Gasteiger partial charge in [0.1, 0.15) is 0 Å². The molecule has 0 saturated carbocycles. The molecule has 1 aromatic heterocycles. The van der Waals surface area contributed by atoms with Crippen molar-refractivity contribution in [1.82, 2.24) is 4.98 Å². The molecule has 0 unspecified atom stereocenters. The molecule has 0 saturated heterocycles. The van der Waals surface area contributed by atoms with Gasteiger partial charge in [-0.1, -0.05) is 27.5 Å². The van der Waals surface area contributed by atoms with Gasteiger partial charge in [0.15, 0.2) is 0 Å². The number of nitrogens with two attached hydrogens (primary N) is 1. The zero-order valence-corrected chi connectivity index (χ0v) is 12.0. The average Bonchev–Trinajstić information content (AvgIpc) is 2.41. The standard InChI is InChI=1S/C12H10BrClN4O/c13-7-1-2-11(9(14)5-7)17-12(19)8-6-16-4-3-10(8)18-15/h1-6H,15H2,(H,16,18)(H,17,19). The van der Waals surface area contributed by atoms with Crippen LogP contribution in [0.25, 0.3) is 0 Å². The maximum absolute atomic E-state index is 12.1. The lowest BCUT2D eigenvalue weighted by molar-refractivity contribution is 0.102. The number of pyridine rings is 1. The molecule has 2 rings (SSSR count). The molecule has 0 radical (unpaired) electrons. The molecule has 0 aliphatic heterocycles. The van der Waals surface area contributed by atoms with Crippen LogP contribution in [0.2, 0.25) is 5.02 Å². The number of anilines is 2. The minimum atomic E-state index is -0.342. The van der Waals surface area contributed by atoms with E-state index in [1.54, 1.807) is 30.5 Å². The van der Waals surface area contributed by atoms with Gasteiger partial charge in [-0.3, -0.25) is 15.6 Å². The van der Waals surface area contributed by atoms with Gasteiger partial charge in [0, 0.05) is 16.9 Å². The number of hydrazine groups is 1. The zero-order valence-electron chi connectivity index (χ0n) is 9.65. The van der Waals surface area contributed by atoms with E-state index in [0.29, 0.717) is 22.0 Å². The molecule has 1 heterocycles. The van der Waals surface area contributed by atoms with E-state index in [2.05, 4.69) is 31.7 Å². The number of nitrogens with zero attached hydrogens (tertiary/aromatic N) is 1. The van der Waals surface area contributed by atoms with Gasteiger partial charge in [-0.2, -0.15) is 0 Å². The van der Waals surface area contributed by atoms with Gasteiger partial charge in [0.05, 0.1) is 22.0 Å². The van der Waals surface area contributed by atoms with Gasteiger partial charge in [-0.25, -0.2) is 0 Å². The van der Waals surface area contributed by atoms with Crippen LogP contribution in [-0.4, -0.2) is 10.9 Å². The molecule has 19 heavy (non-hydrogen) atoms. The molecule has 4 N–H and O–H groups in total. The van der Waals surface area contributed by atoms with E-state index < -0.39 is 0 Å². The van der Waals surface area contributed by atoms with Crippen LogP contribution in [0.4, 0.5) is 11.4 Å². The fraction of sp³-hybridized carbons (Fsp3) is 0. The van der Waals surface area contributed by atoms with Crippen LogP contribution >= 0.6 is 27.5 Å². The Bertz CT molecular complexity index is 620. The van der Waals surface area contributed by atoms with E-state index in [1.165, 1.54) is 6.20 Å². The molecule has 0 spiro atoms. The summed E-state index contributed by atoms with van der Waals surface area (Å²) in [6.07, 6.45) is 2.97. The second-order valence-corrected chi connectivity index (χ2v) is 4.97. The number of rotatable bonds is 3. The SMILES string of the molecule is NNc1ccncc1C(=O)Nc1ccc(Br)cc1Cl. The van der Waals surface area contributed by atoms with Crippen molar-refractivity contribution in [3.8, 4) is 0 Å². The Labute approximate surface area is 123 Å². The number of carbonyl (C=O) groups excluding carboxylic acids is 1. The molecule has 5 nitrogen and oxygen atoms in total. The highest BCUT2D eigenvalue weighted by atomic mass is 79.9. The summed E-state index contributed by atoms with van der Waals surface area (Å²) in [5.74, 6) is 5.00. The highest BCUT2D eigenvalue weighted by Gasteiger charge is 2.12. The Kier molecular flexibility index (Phi) is 4.36. The second kappa shape index (κ2) is 6.01. The van der Waals surface area contributed by atoms with E-state index in [0.717, 1.165) is 4.47 Å². The number of amides is 1. The Morgan fingerprint density at radius 3 is 2.79 bits per heavy atom. The number of aromatic nitrogens is 1. The summed E-state index contributed by atoms with van der Waals surface area (Å²) in [5, 5.41) is 3.14. The Morgan fingerprint density at radius 2 is 2.11 bits per heavy atom. The third-order valence-corrected chi connectivity index (χ3v) is 3.21. The number of halogens is 2. The Hall–Kier alpha value is -1.63.